The second kappa shape index (κ2) is 7.89. The van der Waals surface area contributed by atoms with Crippen LogP contribution >= 0.6 is 0 Å². The highest BCUT2D eigenvalue weighted by Crippen LogP contribution is 2.35. The van der Waals surface area contributed by atoms with E-state index in [1.165, 1.54) is 24.2 Å². The van der Waals surface area contributed by atoms with Crippen LogP contribution in [-0.2, 0) is 9.59 Å². The van der Waals surface area contributed by atoms with E-state index in [1.807, 2.05) is 60.7 Å². The average Bonchev–Trinajstić information content (AvgIpc) is 2.98. The summed E-state index contributed by atoms with van der Waals surface area (Å²) in [6.45, 7) is 3.31. The molecule has 0 spiro atoms. The summed E-state index contributed by atoms with van der Waals surface area (Å²) >= 11 is 0. The van der Waals surface area contributed by atoms with Gasteiger partial charge in [0, 0.05) is 13.1 Å². The number of amides is 2. The monoisotopic (exact) mass is 360 g/mol. The SMILES string of the molecule is O=C1C(c2ccccc2)=C(c2ccccc2)C(=O)N1CCN1CCCCC1. The van der Waals surface area contributed by atoms with Crippen LogP contribution in [0.25, 0.3) is 11.1 Å². The highest BCUT2D eigenvalue weighted by atomic mass is 16.2. The van der Waals surface area contributed by atoms with Crippen molar-refractivity contribution >= 4 is 23.0 Å². The standard InChI is InChI=1S/C23H24N2O2/c26-22-20(18-10-4-1-5-11-18)21(19-12-6-2-7-13-19)23(27)25(22)17-16-24-14-8-3-9-15-24/h1-2,4-7,10-13H,3,8-9,14-17H2. The Morgan fingerprint density at radius 3 is 1.59 bits per heavy atom. The van der Waals surface area contributed by atoms with Gasteiger partial charge < -0.3 is 4.90 Å². The number of likely N-dealkylation sites (tertiary alicyclic amines) is 1. The van der Waals surface area contributed by atoms with Crippen LogP contribution in [0.5, 0.6) is 0 Å². The van der Waals surface area contributed by atoms with E-state index in [2.05, 4.69) is 4.90 Å². The molecule has 4 nitrogen and oxygen atoms in total. The molecule has 27 heavy (non-hydrogen) atoms. The topological polar surface area (TPSA) is 40.6 Å². The number of imide groups is 1. The first-order valence-electron chi connectivity index (χ1n) is 9.69. The number of carbonyl (C=O) groups is 2. The van der Waals surface area contributed by atoms with Gasteiger partial charge in [-0.25, -0.2) is 0 Å². The minimum atomic E-state index is -0.179. The van der Waals surface area contributed by atoms with Crippen LogP contribution in [0.1, 0.15) is 30.4 Å². The minimum absolute atomic E-state index is 0.179. The molecule has 2 heterocycles. The van der Waals surface area contributed by atoms with Gasteiger partial charge in [-0.15, -0.1) is 0 Å². The molecule has 2 aromatic rings. The van der Waals surface area contributed by atoms with Gasteiger partial charge in [0.2, 0.25) is 0 Å². The molecule has 2 aliphatic rings. The minimum Gasteiger partial charge on any atom is -0.302 e. The zero-order valence-electron chi connectivity index (χ0n) is 15.4. The van der Waals surface area contributed by atoms with Crippen molar-refractivity contribution in [3.8, 4) is 0 Å². The molecule has 0 radical (unpaired) electrons. The highest BCUT2D eigenvalue weighted by Gasteiger charge is 2.39. The van der Waals surface area contributed by atoms with Crippen LogP contribution in [0.3, 0.4) is 0 Å². The third-order valence-electron chi connectivity index (χ3n) is 5.38. The van der Waals surface area contributed by atoms with Gasteiger partial charge in [0.1, 0.15) is 0 Å². The van der Waals surface area contributed by atoms with E-state index < -0.39 is 0 Å². The molecule has 0 saturated carbocycles. The summed E-state index contributed by atoms with van der Waals surface area (Å²) in [7, 11) is 0. The molecular weight excluding hydrogens is 336 g/mol. The van der Waals surface area contributed by atoms with Crippen molar-refractivity contribution in [3.05, 3.63) is 71.8 Å². The molecule has 2 amide bonds. The molecule has 1 saturated heterocycles. The molecule has 0 aliphatic carbocycles. The fourth-order valence-electron chi connectivity index (χ4n) is 3.95. The molecule has 0 N–H and O–H groups in total. The Kier molecular flexibility index (Phi) is 5.16. The van der Waals surface area contributed by atoms with Gasteiger partial charge in [-0.3, -0.25) is 14.5 Å². The lowest BCUT2D eigenvalue weighted by Gasteiger charge is -2.28. The lowest BCUT2D eigenvalue weighted by Crippen LogP contribution is -2.40. The fraction of sp³-hybridized carbons (Fsp3) is 0.304. The van der Waals surface area contributed by atoms with Crippen LogP contribution in [0, 0.1) is 0 Å². The third kappa shape index (κ3) is 3.58. The van der Waals surface area contributed by atoms with Gasteiger partial charge in [-0.05, 0) is 37.1 Å². The summed E-state index contributed by atoms with van der Waals surface area (Å²) in [5, 5.41) is 0. The molecule has 0 atom stereocenters. The first kappa shape index (κ1) is 17.7. The van der Waals surface area contributed by atoms with E-state index >= 15 is 0 Å². The number of benzene rings is 2. The van der Waals surface area contributed by atoms with Crippen molar-refractivity contribution in [2.45, 2.75) is 19.3 Å². The molecule has 2 aromatic carbocycles. The van der Waals surface area contributed by atoms with E-state index in [9.17, 15) is 9.59 Å². The quantitative estimate of drug-likeness (QED) is 0.767. The second-order valence-corrected chi connectivity index (χ2v) is 7.15. The molecule has 138 valence electrons. The van der Waals surface area contributed by atoms with Crippen molar-refractivity contribution < 1.29 is 9.59 Å². The van der Waals surface area contributed by atoms with Gasteiger partial charge in [-0.1, -0.05) is 67.1 Å². The van der Waals surface area contributed by atoms with Crippen LogP contribution < -0.4 is 0 Å². The smallest absolute Gasteiger partial charge is 0.262 e. The van der Waals surface area contributed by atoms with Crippen molar-refractivity contribution in [2.75, 3.05) is 26.2 Å². The maximum absolute atomic E-state index is 13.2. The summed E-state index contributed by atoms with van der Waals surface area (Å²) in [4.78, 5) is 30.2. The van der Waals surface area contributed by atoms with Crippen LogP contribution in [0.2, 0.25) is 0 Å². The Hall–Kier alpha value is -2.72. The zero-order valence-corrected chi connectivity index (χ0v) is 15.4. The van der Waals surface area contributed by atoms with Gasteiger partial charge in [0.15, 0.2) is 0 Å². The van der Waals surface area contributed by atoms with Gasteiger partial charge >= 0.3 is 0 Å². The Balaban J connectivity index is 1.65. The van der Waals surface area contributed by atoms with Gasteiger partial charge in [-0.2, -0.15) is 0 Å². The number of hydrogen-bond donors (Lipinski definition) is 0. The van der Waals surface area contributed by atoms with Crippen molar-refractivity contribution in [1.29, 1.82) is 0 Å². The summed E-state index contributed by atoms with van der Waals surface area (Å²) in [6.07, 6.45) is 3.67. The normalized spacial score (nSPS) is 18.4. The van der Waals surface area contributed by atoms with Crippen molar-refractivity contribution in [1.82, 2.24) is 9.80 Å². The summed E-state index contributed by atoms with van der Waals surface area (Å²) in [5.74, 6) is -0.357. The number of carbonyl (C=O) groups excluding carboxylic acids is 2. The Labute approximate surface area is 160 Å². The van der Waals surface area contributed by atoms with Crippen molar-refractivity contribution in [3.63, 3.8) is 0 Å². The molecule has 1 fully saturated rings. The molecular formula is C23H24N2O2. The number of rotatable bonds is 5. The third-order valence-corrected chi connectivity index (χ3v) is 5.38. The van der Waals surface area contributed by atoms with E-state index in [1.54, 1.807) is 0 Å². The first-order valence-corrected chi connectivity index (χ1v) is 9.69. The lowest BCUT2D eigenvalue weighted by atomic mass is 9.96. The maximum Gasteiger partial charge on any atom is 0.262 e. The molecule has 4 heteroatoms. The summed E-state index contributed by atoms with van der Waals surface area (Å²) in [6, 6.07) is 19.0. The van der Waals surface area contributed by atoms with E-state index in [0.29, 0.717) is 17.7 Å². The van der Waals surface area contributed by atoms with E-state index in [0.717, 1.165) is 30.8 Å². The number of nitrogens with zero attached hydrogens (tertiary/aromatic N) is 2. The van der Waals surface area contributed by atoms with Crippen LogP contribution in [-0.4, -0.2) is 47.8 Å². The Bertz CT molecular complexity index is 791. The fourth-order valence-corrected chi connectivity index (χ4v) is 3.95. The second-order valence-electron chi connectivity index (χ2n) is 7.15. The predicted octanol–water partition coefficient (Wildman–Crippen LogP) is 3.45. The average molecular weight is 360 g/mol. The van der Waals surface area contributed by atoms with E-state index in [-0.39, 0.29) is 11.8 Å². The summed E-state index contributed by atoms with van der Waals surface area (Å²) in [5.41, 5.74) is 2.64. The molecule has 4 rings (SSSR count). The Morgan fingerprint density at radius 2 is 1.11 bits per heavy atom. The first-order chi connectivity index (χ1) is 13.3. The molecule has 0 unspecified atom stereocenters. The molecule has 0 bridgehead atoms. The Morgan fingerprint density at radius 1 is 0.630 bits per heavy atom. The van der Waals surface area contributed by atoms with Gasteiger partial charge in [0.25, 0.3) is 11.8 Å². The predicted molar refractivity (Wildman–Crippen MR) is 107 cm³/mol. The zero-order chi connectivity index (χ0) is 18.6. The highest BCUT2D eigenvalue weighted by molar-refractivity contribution is 6.48. The largest absolute Gasteiger partial charge is 0.302 e. The van der Waals surface area contributed by atoms with E-state index in [4.69, 9.17) is 0 Å². The molecule has 0 aromatic heterocycles. The van der Waals surface area contributed by atoms with Crippen LogP contribution in [0.4, 0.5) is 0 Å². The van der Waals surface area contributed by atoms with Crippen molar-refractivity contribution in [2.24, 2.45) is 0 Å². The lowest BCUT2D eigenvalue weighted by molar-refractivity contribution is -0.136. The maximum atomic E-state index is 13.2. The number of hydrogen-bond acceptors (Lipinski definition) is 3. The van der Waals surface area contributed by atoms with Gasteiger partial charge in [0.05, 0.1) is 11.1 Å². The summed E-state index contributed by atoms with van der Waals surface area (Å²) < 4.78 is 0. The van der Waals surface area contributed by atoms with Crippen LogP contribution in [0.15, 0.2) is 60.7 Å². The number of piperidine rings is 1. The molecule has 2 aliphatic heterocycles.